The number of carbonyl (C=O) groups excluding carboxylic acids is 1. The van der Waals surface area contributed by atoms with E-state index in [1.807, 2.05) is 6.07 Å². The Morgan fingerprint density at radius 3 is 3.15 bits per heavy atom. The lowest BCUT2D eigenvalue weighted by Gasteiger charge is -2.08. The van der Waals surface area contributed by atoms with Crippen LogP contribution in [0.5, 0.6) is 0 Å². The van der Waals surface area contributed by atoms with Gasteiger partial charge >= 0.3 is 0 Å². The van der Waals surface area contributed by atoms with Crippen molar-refractivity contribution in [2.75, 3.05) is 11.9 Å². The first-order chi connectivity index (χ1) is 9.72. The van der Waals surface area contributed by atoms with E-state index in [2.05, 4.69) is 28.9 Å². The number of fused-ring (bicyclic) bond motifs is 1. The molecule has 1 heterocycles. The summed E-state index contributed by atoms with van der Waals surface area (Å²) in [6.07, 6.45) is 4.48. The van der Waals surface area contributed by atoms with Crippen molar-refractivity contribution in [3.63, 3.8) is 0 Å². The van der Waals surface area contributed by atoms with Crippen LogP contribution in [0.25, 0.3) is 0 Å². The summed E-state index contributed by atoms with van der Waals surface area (Å²) >= 11 is 0. The third kappa shape index (κ3) is 3.92. The lowest BCUT2D eigenvalue weighted by molar-refractivity contribution is -0.267. The molecule has 4 nitrogen and oxygen atoms in total. The van der Waals surface area contributed by atoms with Crippen molar-refractivity contribution in [3.05, 3.63) is 42.0 Å². The van der Waals surface area contributed by atoms with Crippen LogP contribution < -0.4 is 5.32 Å². The highest BCUT2D eigenvalue weighted by molar-refractivity contribution is 5.81. The highest BCUT2D eigenvalue weighted by Crippen LogP contribution is 2.23. The molecule has 0 saturated heterocycles. The molecule has 0 amide bonds. The van der Waals surface area contributed by atoms with E-state index < -0.39 is 0 Å². The van der Waals surface area contributed by atoms with Crippen LogP contribution in [0.1, 0.15) is 30.4 Å². The maximum absolute atomic E-state index is 11.9. The molecule has 2 N–H and O–H groups in total. The van der Waals surface area contributed by atoms with E-state index in [4.69, 9.17) is 5.26 Å². The van der Waals surface area contributed by atoms with Gasteiger partial charge in [-0.1, -0.05) is 18.2 Å². The lowest BCUT2D eigenvalue weighted by Crippen LogP contribution is -2.09. The van der Waals surface area contributed by atoms with Gasteiger partial charge in [-0.15, -0.1) is 6.58 Å². The second-order valence-electron chi connectivity index (χ2n) is 5.16. The molecule has 4 heteroatoms. The molecule has 1 aromatic rings. The Morgan fingerprint density at radius 2 is 2.40 bits per heavy atom. The van der Waals surface area contributed by atoms with E-state index in [1.165, 1.54) is 17.3 Å². The summed E-state index contributed by atoms with van der Waals surface area (Å²) in [5.41, 5.74) is 3.57. The van der Waals surface area contributed by atoms with Gasteiger partial charge in [0, 0.05) is 25.1 Å². The van der Waals surface area contributed by atoms with Crippen LogP contribution in [-0.4, -0.2) is 23.7 Å². The van der Waals surface area contributed by atoms with Crippen molar-refractivity contribution >= 4 is 11.5 Å². The summed E-state index contributed by atoms with van der Waals surface area (Å²) in [4.78, 5) is 16.1. The average Bonchev–Trinajstić information content (AvgIpc) is 2.91. The molecule has 0 bridgehead atoms. The van der Waals surface area contributed by atoms with Gasteiger partial charge in [0.25, 0.3) is 0 Å². The fourth-order valence-electron chi connectivity index (χ4n) is 2.50. The molecule has 1 aliphatic heterocycles. The number of carbonyl (C=O) groups is 1. The topological polar surface area (TPSA) is 58.6 Å². The predicted molar refractivity (Wildman–Crippen MR) is 78.9 cm³/mol. The van der Waals surface area contributed by atoms with Crippen LogP contribution in [0.2, 0.25) is 0 Å². The summed E-state index contributed by atoms with van der Waals surface area (Å²) < 4.78 is 0. The van der Waals surface area contributed by atoms with Crippen LogP contribution in [-0.2, 0) is 22.5 Å². The quantitative estimate of drug-likeness (QED) is 0.435. The number of Topliss-reactive ketones (excluding diaryl/α,β-unsaturated/α-hetero) is 1. The molecule has 1 unspecified atom stereocenters. The van der Waals surface area contributed by atoms with E-state index in [0.29, 0.717) is 25.7 Å². The molecule has 1 atom stereocenters. The van der Waals surface area contributed by atoms with Gasteiger partial charge in [-0.2, -0.15) is 0 Å². The van der Waals surface area contributed by atoms with Crippen molar-refractivity contribution in [1.82, 2.24) is 0 Å². The fraction of sp³-hybridized carbons (Fsp3) is 0.438. The smallest absolute Gasteiger partial charge is 0.137 e. The zero-order valence-corrected chi connectivity index (χ0v) is 11.6. The minimum atomic E-state index is -0.381. The van der Waals surface area contributed by atoms with E-state index in [0.717, 1.165) is 18.5 Å². The molecule has 0 spiro atoms. The van der Waals surface area contributed by atoms with Crippen molar-refractivity contribution in [2.45, 2.75) is 38.2 Å². The predicted octanol–water partition coefficient (Wildman–Crippen LogP) is 2.98. The highest BCUT2D eigenvalue weighted by Gasteiger charge is 2.12. The SMILES string of the molecule is C=CC(CCCC(=O)Cc1ccc2c(c1)CCN2)OO. The Labute approximate surface area is 119 Å². The van der Waals surface area contributed by atoms with Crippen LogP contribution in [0.3, 0.4) is 0 Å². The van der Waals surface area contributed by atoms with E-state index in [-0.39, 0.29) is 11.9 Å². The maximum atomic E-state index is 11.9. The van der Waals surface area contributed by atoms with E-state index >= 15 is 0 Å². The Bertz CT molecular complexity index is 485. The van der Waals surface area contributed by atoms with Crippen molar-refractivity contribution in [3.8, 4) is 0 Å². The second-order valence-corrected chi connectivity index (χ2v) is 5.16. The molecule has 2 rings (SSSR count). The van der Waals surface area contributed by atoms with Gasteiger partial charge in [0.15, 0.2) is 0 Å². The van der Waals surface area contributed by atoms with Gasteiger partial charge in [0.05, 0.1) is 0 Å². The third-order valence-electron chi connectivity index (χ3n) is 3.62. The fourth-order valence-corrected chi connectivity index (χ4v) is 2.50. The zero-order valence-electron chi connectivity index (χ0n) is 11.6. The molecular weight excluding hydrogens is 254 g/mol. The summed E-state index contributed by atoms with van der Waals surface area (Å²) in [6, 6.07) is 6.19. The van der Waals surface area contributed by atoms with Crippen LogP contribution in [0, 0.1) is 0 Å². The Morgan fingerprint density at radius 1 is 1.55 bits per heavy atom. The average molecular weight is 275 g/mol. The van der Waals surface area contributed by atoms with Crippen molar-refractivity contribution in [2.24, 2.45) is 0 Å². The number of hydrogen-bond acceptors (Lipinski definition) is 4. The normalized spacial score (nSPS) is 14.4. The number of ketones is 1. The van der Waals surface area contributed by atoms with Gasteiger partial charge in [0.1, 0.15) is 11.9 Å². The largest absolute Gasteiger partial charge is 0.384 e. The molecule has 1 aromatic carbocycles. The molecule has 0 aromatic heterocycles. The molecule has 0 saturated carbocycles. The van der Waals surface area contributed by atoms with E-state index in [1.54, 1.807) is 0 Å². The molecular formula is C16H21NO3. The van der Waals surface area contributed by atoms with Gasteiger partial charge in [0.2, 0.25) is 0 Å². The first-order valence-corrected chi connectivity index (χ1v) is 7.03. The number of anilines is 1. The number of hydrogen-bond donors (Lipinski definition) is 2. The summed E-state index contributed by atoms with van der Waals surface area (Å²) in [5.74, 6) is 0.219. The number of rotatable bonds is 8. The van der Waals surface area contributed by atoms with Crippen molar-refractivity contribution < 1.29 is 14.9 Å². The van der Waals surface area contributed by atoms with Gasteiger partial charge in [-0.3, -0.25) is 10.1 Å². The highest BCUT2D eigenvalue weighted by atomic mass is 17.1. The maximum Gasteiger partial charge on any atom is 0.137 e. The minimum absolute atomic E-state index is 0.219. The van der Waals surface area contributed by atoms with Gasteiger partial charge < -0.3 is 5.32 Å². The van der Waals surface area contributed by atoms with Gasteiger partial charge in [-0.05, 0) is 36.5 Å². The van der Waals surface area contributed by atoms with E-state index in [9.17, 15) is 4.79 Å². The summed E-state index contributed by atoms with van der Waals surface area (Å²) in [6.45, 7) is 4.54. The molecule has 20 heavy (non-hydrogen) atoms. The Kier molecular flexibility index (Phi) is 5.32. The number of benzene rings is 1. The second kappa shape index (κ2) is 7.22. The molecule has 0 radical (unpaired) electrons. The Balaban J connectivity index is 1.78. The molecule has 0 aliphatic carbocycles. The summed E-state index contributed by atoms with van der Waals surface area (Å²) in [7, 11) is 0. The Hall–Kier alpha value is -1.65. The third-order valence-corrected chi connectivity index (χ3v) is 3.62. The van der Waals surface area contributed by atoms with Crippen LogP contribution >= 0.6 is 0 Å². The van der Waals surface area contributed by atoms with Crippen molar-refractivity contribution in [1.29, 1.82) is 0 Å². The van der Waals surface area contributed by atoms with Crippen LogP contribution in [0.4, 0.5) is 5.69 Å². The number of nitrogens with one attached hydrogen (secondary N) is 1. The monoisotopic (exact) mass is 275 g/mol. The molecule has 1 aliphatic rings. The summed E-state index contributed by atoms with van der Waals surface area (Å²) in [5, 5.41) is 11.9. The molecule has 108 valence electrons. The van der Waals surface area contributed by atoms with Gasteiger partial charge in [-0.25, -0.2) is 4.89 Å². The minimum Gasteiger partial charge on any atom is -0.384 e. The lowest BCUT2D eigenvalue weighted by atomic mass is 10.0. The standard InChI is InChI=1S/C16H21NO3/c1-2-15(20-19)5-3-4-14(18)11-12-6-7-16-13(10-12)8-9-17-16/h2,6-7,10,15,17,19H,1,3-5,8-9,11H2. The molecule has 0 fully saturated rings. The van der Waals surface area contributed by atoms with Crippen LogP contribution in [0.15, 0.2) is 30.9 Å². The first kappa shape index (κ1) is 14.8. The zero-order chi connectivity index (χ0) is 14.4. The first-order valence-electron chi connectivity index (χ1n) is 7.03.